The molecule has 1 aliphatic heterocycles. The first-order valence-electron chi connectivity index (χ1n) is 5.89. The van der Waals surface area contributed by atoms with Crippen LogP contribution < -0.4 is 10.6 Å². The number of rotatable bonds is 3. The van der Waals surface area contributed by atoms with Gasteiger partial charge in [-0.3, -0.25) is 4.79 Å². The first-order valence-corrected chi connectivity index (χ1v) is 5.89. The maximum absolute atomic E-state index is 12.1. The van der Waals surface area contributed by atoms with Gasteiger partial charge in [0.2, 0.25) is 5.91 Å². The lowest BCUT2D eigenvalue weighted by Gasteiger charge is -2.19. The molecule has 0 aromatic heterocycles. The highest BCUT2D eigenvalue weighted by Crippen LogP contribution is 2.54. The summed E-state index contributed by atoms with van der Waals surface area (Å²) < 4.78 is 0. The molecule has 3 nitrogen and oxygen atoms in total. The Labute approximate surface area is 95.2 Å². The average Bonchev–Trinajstić information content (AvgIpc) is 2.88. The molecule has 3 heteroatoms. The molecule has 1 saturated heterocycles. The predicted octanol–water partition coefficient (Wildman–Crippen LogP) is 1.24. The van der Waals surface area contributed by atoms with Gasteiger partial charge in [0, 0.05) is 18.2 Å². The van der Waals surface area contributed by atoms with Gasteiger partial charge in [-0.15, -0.1) is 0 Å². The van der Waals surface area contributed by atoms with Crippen molar-refractivity contribution in [3.8, 4) is 0 Å². The zero-order valence-corrected chi connectivity index (χ0v) is 9.17. The average molecular weight is 216 g/mol. The van der Waals surface area contributed by atoms with E-state index in [4.69, 9.17) is 5.73 Å². The third kappa shape index (κ3) is 1.35. The molecule has 3 atom stereocenters. The Morgan fingerprint density at radius 1 is 1.31 bits per heavy atom. The normalized spacial score (nSPS) is 31.7. The summed E-state index contributed by atoms with van der Waals surface area (Å²) in [4.78, 5) is 14.0. The summed E-state index contributed by atoms with van der Waals surface area (Å²) in [5.41, 5.74) is 6.57. The number of carbonyl (C=O) groups is 1. The van der Waals surface area contributed by atoms with Crippen LogP contribution in [0.25, 0.3) is 0 Å². The van der Waals surface area contributed by atoms with Crippen molar-refractivity contribution in [1.29, 1.82) is 0 Å². The van der Waals surface area contributed by atoms with E-state index in [1.165, 1.54) is 0 Å². The zero-order chi connectivity index (χ0) is 11.1. The molecular formula is C13H16N2O. The maximum atomic E-state index is 12.1. The van der Waals surface area contributed by atoms with E-state index in [2.05, 4.69) is 0 Å². The lowest BCUT2D eigenvalue weighted by atomic mass is 10.2. The fourth-order valence-electron chi connectivity index (χ4n) is 2.97. The van der Waals surface area contributed by atoms with E-state index in [-0.39, 0.29) is 5.92 Å². The van der Waals surface area contributed by atoms with Gasteiger partial charge in [-0.25, -0.2) is 0 Å². The lowest BCUT2D eigenvalue weighted by molar-refractivity contribution is -0.119. The van der Waals surface area contributed by atoms with Crippen LogP contribution in [0.3, 0.4) is 0 Å². The molecule has 2 aliphatic rings. The largest absolute Gasteiger partial charge is 0.330 e. The van der Waals surface area contributed by atoms with Crippen LogP contribution in [0.4, 0.5) is 5.69 Å². The molecule has 1 aromatic rings. The Morgan fingerprint density at radius 3 is 2.62 bits per heavy atom. The lowest BCUT2D eigenvalue weighted by Crippen LogP contribution is -2.30. The molecule has 0 spiro atoms. The number of amides is 1. The van der Waals surface area contributed by atoms with Crippen LogP contribution in [-0.2, 0) is 4.79 Å². The van der Waals surface area contributed by atoms with Crippen LogP contribution in [0.15, 0.2) is 30.3 Å². The van der Waals surface area contributed by atoms with Gasteiger partial charge in [-0.2, -0.15) is 0 Å². The van der Waals surface area contributed by atoms with Crippen LogP contribution in [0, 0.1) is 17.8 Å². The molecule has 16 heavy (non-hydrogen) atoms. The minimum absolute atomic E-state index is 0.267. The molecule has 1 heterocycles. The molecule has 0 bridgehead atoms. The SMILES string of the molecule is NCC[C@@H]1[C@H]2CN(c3ccccc3)C(=O)[C@@H]12. The summed E-state index contributed by atoms with van der Waals surface area (Å²) in [6.07, 6.45) is 1.00. The Morgan fingerprint density at radius 2 is 2.06 bits per heavy atom. The summed E-state index contributed by atoms with van der Waals surface area (Å²) in [5.74, 6) is 1.70. The zero-order valence-electron chi connectivity index (χ0n) is 9.17. The smallest absolute Gasteiger partial charge is 0.230 e. The van der Waals surface area contributed by atoms with Crippen LogP contribution >= 0.6 is 0 Å². The van der Waals surface area contributed by atoms with Crippen molar-refractivity contribution in [2.24, 2.45) is 23.5 Å². The molecule has 0 radical (unpaired) electrons. The number of nitrogens with two attached hydrogens (primary N) is 1. The highest BCUT2D eigenvalue weighted by Gasteiger charge is 2.60. The van der Waals surface area contributed by atoms with Gasteiger partial charge < -0.3 is 10.6 Å². The monoisotopic (exact) mass is 216 g/mol. The number of hydrogen-bond donors (Lipinski definition) is 1. The first-order chi connectivity index (χ1) is 7.83. The van der Waals surface area contributed by atoms with E-state index >= 15 is 0 Å². The second kappa shape index (κ2) is 3.59. The first kappa shape index (κ1) is 9.85. The molecule has 3 rings (SSSR count). The van der Waals surface area contributed by atoms with E-state index < -0.39 is 0 Å². The number of fused-ring (bicyclic) bond motifs is 1. The second-order valence-electron chi connectivity index (χ2n) is 4.72. The van der Waals surface area contributed by atoms with Crippen LogP contribution in [0.2, 0.25) is 0 Å². The van der Waals surface area contributed by atoms with Gasteiger partial charge in [0.15, 0.2) is 0 Å². The Hall–Kier alpha value is -1.35. The minimum atomic E-state index is 0.267. The van der Waals surface area contributed by atoms with Crippen molar-refractivity contribution in [2.75, 3.05) is 18.0 Å². The van der Waals surface area contributed by atoms with Gasteiger partial charge in [0.25, 0.3) is 0 Å². The van der Waals surface area contributed by atoms with Crippen LogP contribution in [0.5, 0.6) is 0 Å². The molecule has 1 aromatic carbocycles. The number of para-hydroxylation sites is 1. The molecule has 1 amide bonds. The number of nitrogens with zero attached hydrogens (tertiary/aromatic N) is 1. The third-order valence-corrected chi connectivity index (χ3v) is 3.84. The highest BCUT2D eigenvalue weighted by molar-refractivity contribution is 6.00. The quantitative estimate of drug-likeness (QED) is 0.826. The Balaban J connectivity index is 1.73. The Kier molecular flexibility index (Phi) is 2.21. The van der Waals surface area contributed by atoms with Gasteiger partial charge >= 0.3 is 0 Å². The Bertz CT molecular complexity index is 404. The minimum Gasteiger partial charge on any atom is -0.330 e. The van der Waals surface area contributed by atoms with Gasteiger partial charge in [0.1, 0.15) is 0 Å². The molecule has 1 aliphatic carbocycles. The molecule has 2 N–H and O–H groups in total. The standard InChI is InChI=1S/C13H16N2O/c14-7-6-10-11-8-15(13(16)12(10)11)9-4-2-1-3-5-9/h1-5,10-12H,6-8,14H2/t10-,11-,12+/m1/s1. The van der Waals surface area contributed by atoms with E-state index in [9.17, 15) is 4.79 Å². The van der Waals surface area contributed by atoms with Crippen molar-refractivity contribution in [1.82, 2.24) is 0 Å². The maximum Gasteiger partial charge on any atom is 0.230 e. The van der Waals surface area contributed by atoms with Crippen molar-refractivity contribution in [2.45, 2.75) is 6.42 Å². The van der Waals surface area contributed by atoms with Crippen molar-refractivity contribution in [3.05, 3.63) is 30.3 Å². The van der Waals surface area contributed by atoms with Gasteiger partial charge in [0.05, 0.1) is 0 Å². The highest BCUT2D eigenvalue weighted by atomic mass is 16.2. The van der Waals surface area contributed by atoms with Crippen LogP contribution in [0.1, 0.15) is 6.42 Å². The molecule has 84 valence electrons. The number of carbonyl (C=O) groups excluding carboxylic acids is 1. The van der Waals surface area contributed by atoms with E-state index in [0.29, 0.717) is 24.3 Å². The fourth-order valence-corrected chi connectivity index (χ4v) is 2.97. The summed E-state index contributed by atoms with van der Waals surface area (Å²) in [5, 5.41) is 0. The molecule has 2 fully saturated rings. The number of benzene rings is 1. The number of anilines is 1. The fraction of sp³-hybridized carbons (Fsp3) is 0.462. The summed E-state index contributed by atoms with van der Waals surface area (Å²) in [6.45, 7) is 1.59. The number of piperidine rings is 1. The molecule has 1 saturated carbocycles. The molecule has 0 unspecified atom stereocenters. The topological polar surface area (TPSA) is 46.3 Å². The summed E-state index contributed by atoms with van der Waals surface area (Å²) in [6, 6.07) is 9.93. The third-order valence-electron chi connectivity index (χ3n) is 3.84. The van der Waals surface area contributed by atoms with Crippen molar-refractivity contribution >= 4 is 11.6 Å². The van der Waals surface area contributed by atoms with Crippen LogP contribution in [-0.4, -0.2) is 19.0 Å². The summed E-state index contributed by atoms with van der Waals surface area (Å²) >= 11 is 0. The van der Waals surface area contributed by atoms with Gasteiger partial charge in [-0.1, -0.05) is 18.2 Å². The van der Waals surface area contributed by atoms with E-state index in [1.807, 2.05) is 35.2 Å². The summed E-state index contributed by atoms with van der Waals surface area (Å²) in [7, 11) is 0. The van der Waals surface area contributed by atoms with E-state index in [0.717, 1.165) is 18.7 Å². The van der Waals surface area contributed by atoms with Crippen molar-refractivity contribution in [3.63, 3.8) is 0 Å². The van der Waals surface area contributed by atoms with E-state index in [1.54, 1.807) is 0 Å². The van der Waals surface area contributed by atoms with Crippen molar-refractivity contribution < 1.29 is 4.79 Å². The predicted molar refractivity (Wildman–Crippen MR) is 62.9 cm³/mol. The van der Waals surface area contributed by atoms with Gasteiger partial charge in [-0.05, 0) is 36.9 Å². The number of hydrogen-bond acceptors (Lipinski definition) is 2. The molecular weight excluding hydrogens is 200 g/mol. The second-order valence-corrected chi connectivity index (χ2v) is 4.72.